The highest BCUT2D eigenvalue weighted by Crippen LogP contribution is 2.11. The van der Waals surface area contributed by atoms with Crippen LogP contribution in [-0.2, 0) is 0 Å². The van der Waals surface area contributed by atoms with Crippen molar-refractivity contribution in [2.75, 3.05) is 0 Å². The molecule has 0 atom stereocenters. The summed E-state index contributed by atoms with van der Waals surface area (Å²) < 4.78 is 0. The minimum Gasteiger partial charge on any atom is -0.292 e. The molecule has 2 N–H and O–H groups in total. The summed E-state index contributed by atoms with van der Waals surface area (Å²) in [5.41, 5.74) is -0.628. The molecule has 0 aliphatic heterocycles. The Morgan fingerprint density at radius 3 is 2.42 bits per heavy atom. The van der Waals surface area contributed by atoms with Gasteiger partial charge in [0.05, 0.1) is 4.92 Å². The first-order valence-electron chi connectivity index (χ1n) is 5.17. The van der Waals surface area contributed by atoms with E-state index >= 15 is 0 Å². The van der Waals surface area contributed by atoms with Gasteiger partial charge in [0.1, 0.15) is 5.82 Å². The molecule has 19 heavy (non-hydrogen) atoms. The maximum atomic E-state index is 11.0. The number of H-pyrrole nitrogens is 2. The second-order valence-electron chi connectivity index (χ2n) is 3.58. The summed E-state index contributed by atoms with van der Waals surface area (Å²) in [4.78, 5) is 40.2. The van der Waals surface area contributed by atoms with E-state index in [0.29, 0.717) is 5.56 Å². The van der Waals surface area contributed by atoms with Gasteiger partial charge in [-0.25, -0.2) is 9.79 Å². The highest BCUT2D eigenvalue weighted by atomic mass is 16.6. The number of aromatic amines is 2. The Bertz CT molecular complexity index is 714. The van der Waals surface area contributed by atoms with Gasteiger partial charge in [-0.2, -0.15) is 0 Å². The van der Waals surface area contributed by atoms with Crippen LogP contribution in [0.15, 0.2) is 44.9 Å². The normalized spacial score (nSPS) is 10.7. The molecule has 0 fully saturated rings. The third kappa shape index (κ3) is 3.22. The molecular formula is C11H8N4O4. The summed E-state index contributed by atoms with van der Waals surface area (Å²) >= 11 is 0. The van der Waals surface area contributed by atoms with Crippen LogP contribution in [0.4, 0.5) is 11.5 Å². The Labute approximate surface area is 105 Å². The lowest BCUT2D eigenvalue weighted by Gasteiger charge is -1.94. The molecule has 0 amide bonds. The van der Waals surface area contributed by atoms with Crippen molar-refractivity contribution in [2.45, 2.75) is 0 Å². The molecule has 0 aliphatic rings. The van der Waals surface area contributed by atoms with Crippen molar-refractivity contribution in [3.8, 4) is 0 Å². The number of non-ortho nitro benzene ring substituents is 1. The average molecular weight is 260 g/mol. The molecule has 2 rings (SSSR count). The van der Waals surface area contributed by atoms with Gasteiger partial charge in [0.15, 0.2) is 0 Å². The van der Waals surface area contributed by atoms with Crippen molar-refractivity contribution >= 4 is 17.7 Å². The molecule has 1 aromatic heterocycles. The topological polar surface area (TPSA) is 121 Å². The van der Waals surface area contributed by atoms with Crippen molar-refractivity contribution in [2.24, 2.45) is 4.99 Å². The van der Waals surface area contributed by atoms with Crippen LogP contribution < -0.4 is 11.2 Å². The number of hydrogen-bond donors (Lipinski definition) is 2. The van der Waals surface area contributed by atoms with Crippen LogP contribution >= 0.6 is 0 Å². The lowest BCUT2D eigenvalue weighted by atomic mass is 10.2. The van der Waals surface area contributed by atoms with E-state index in [9.17, 15) is 19.7 Å². The first-order valence-corrected chi connectivity index (χ1v) is 5.17. The Balaban J connectivity index is 2.25. The van der Waals surface area contributed by atoms with Gasteiger partial charge in [-0.05, 0) is 17.7 Å². The number of nitro benzene ring substituents is 1. The van der Waals surface area contributed by atoms with Crippen LogP contribution in [0.1, 0.15) is 5.56 Å². The van der Waals surface area contributed by atoms with Crippen molar-refractivity contribution in [1.29, 1.82) is 0 Å². The van der Waals surface area contributed by atoms with Crippen LogP contribution in [0.5, 0.6) is 0 Å². The highest BCUT2D eigenvalue weighted by Gasteiger charge is 2.02. The van der Waals surface area contributed by atoms with Crippen molar-refractivity contribution in [3.63, 3.8) is 0 Å². The van der Waals surface area contributed by atoms with E-state index in [-0.39, 0.29) is 11.5 Å². The minimum atomic E-state index is -0.650. The van der Waals surface area contributed by atoms with Gasteiger partial charge in [-0.3, -0.25) is 24.9 Å². The van der Waals surface area contributed by atoms with Crippen LogP contribution in [0.25, 0.3) is 0 Å². The largest absolute Gasteiger partial charge is 0.327 e. The number of benzene rings is 1. The quantitative estimate of drug-likeness (QED) is 0.479. The number of nitrogens with zero attached hydrogens (tertiary/aromatic N) is 2. The predicted molar refractivity (Wildman–Crippen MR) is 68.0 cm³/mol. The fourth-order valence-corrected chi connectivity index (χ4v) is 1.35. The van der Waals surface area contributed by atoms with Gasteiger partial charge in [0.25, 0.3) is 11.2 Å². The maximum absolute atomic E-state index is 11.0. The summed E-state index contributed by atoms with van der Waals surface area (Å²) in [6, 6.07) is 6.81. The molecule has 0 radical (unpaired) electrons. The minimum absolute atomic E-state index is 0.0262. The Morgan fingerprint density at radius 1 is 1.16 bits per heavy atom. The summed E-state index contributed by atoms with van der Waals surface area (Å²) in [6.45, 7) is 0. The maximum Gasteiger partial charge on any atom is 0.327 e. The number of nitro groups is 1. The van der Waals surface area contributed by atoms with Gasteiger partial charge in [0.2, 0.25) is 0 Å². The molecular weight excluding hydrogens is 252 g/mol. The standard InChI is InChI=1S/C11H8N4O4/c16-10-5-9(13-11(17)14-10)12-6-7-1-3-8(4-2-7)15(18)19/h1-6H,(H2,13,14,16,17)/b12-6+. The molecule has 0 saturated heterocycles. The fourth-order valence-electron chi connectivity index (χ4n) is 1.35. The fraction of sp³-hybridized carbons (Fsp3) is 0. The molecule has 8 heteroatoms. The lowest BCUT2D eigenvalue weighted by Crippen LogP contribution is -2.20. The Kier molecular flexibility index (Phi) is 3.33. The predicted octanol–water partition coefficient (Wildman–Crippen LogP) is 0.722. The first-order chi connectivity index (χ1) is 9.04. The monoisotopic (exact) mass is 260 g/mol. The zero-order chi connectivity index (χ0) is 13.8. The Morgan fingerprint density at radius 2 is 1.84 bits per heavy atom. The van der Waals surface area contributed by atoms with Crippen LogP contribution in [0.2, 0.25) is 0 Å². The van der Waals surface area contributed by atoms with Crippen LogP contribution in [0, 0.1) is 10.1 Å². The molecule has 0 unspecified atom stereocenters. The first kappa shape index (κ1) is 12.4. The molecule has 0 aliphatic carbocycles. The SMILES string of the molecule is O=c1cc(/N=C/c2ccc([N+](=O)[O-])cc2)[nH]c(=O)[nH]1. The summed E-state index contributed by atoms with van der Waals surface area (Å²) in [7, 11) is 0. The van der Waals surface area contributed by atoms with E-state index < -0.39 is 16.2 Å². The van der Waals surface area contributed by atoms with E-state index in [0.717, 1.165) is 6.07 Å². The van der Waals surface area contributed by atoms with Crippen LogP contribution in [-0.4, -0.2) is 21.1 Å². The molecule has 96 valence electrons. The number of nitrogens with one attached hydrogen (secondary N) is 2. The molecule has 2 aromatic rings. The number of hydrogen-bond acceptors (Lipinski definition) is 5. The zero-order valence-electron chi connectivity index (χ0n) is 9.49. The van der Waals surface area contributed by atoms with Gasteiger partial charge in [-0.15, -0.1) is 0 Å². The van der Waals surface area contributed by atoms with Crippen molar-refractivity contribution in [3.05, 3.63) is 66.8 Å². The number of aromatic nitrogens is 2. The molecule has 1 heterocycles. The van der Waals surface area contributed by atoms with Crippen LogP contribution in [0.3, 0.4) is 0 Å². The third-order valence-electron chi connectivity index (χ3n) is 2.20. The summed E-state index contributed by atoms with van der Waals surface area (Å²) in [6.07, 6.45) is 1.38. The van der Waals surface area contributed by atoms with Gasteiger partial charge in [-0.1, -0.05) is 0 Å². The molecule has 8 nitrogen and oxygen atoms in total. The lowest BCUT2D eigenvalue weighted by molar-refractivity contribution is -0.384. The third-order valence-corrected chi connectivity index (χ3v) is 2.20. The molecule has 0 saturated carbocycles. The molecule has 0 spiro atoms. The molecule has 1 aromatic carbocycles. The van der Waals surface area contributed by atoms with Gasteiger partial charge >= 0.3 is 5.69 Å². The van der Waals surface area contributed by atoms with Gasteiger partial charge < -0.3 is 0 Å². The van der Waals surface area contributed by atoms with E-state index in [1.807, 2.05) is 4.98 Å². The van der Waals surface area contributed by atoms with Crippen molar-refractivity contribution < 1.29 is 4.92 Å². The second-order valence-corrected chi connectivity index (χ2v) is 3.58. The van der Waals surface area contributed by atoms with Gasteiger partial charge in [0, 0.05) is 24.4 Å². The second kappa shape index (κ2) is 5.08. The smallest absolute Gasteiger partial charge is 0.292 e. The number of aliphatic imine (C=N–C) groups is 1. The van der Waals surface area contributed by atoms with E-state index in [2.05, 4.69) is 9.98 Å². The zero-order valence-corrected chi connectivity index (χ0v) is 9.49. The van der Waals surface area contributed by atoms with Crippen molar-refractivity contribution in [1.82, 2.24) is 9.97 Å². The summed E-state index contributed by atoms with van der Waals surface area (Å²) in [5.74, 6) is 0.104. The average Bonchev–Trinajstić information content (AvgIpc) is 2.36. The summed E-state index contributed by atoms with van der Waals surface area (Å²) in [5, 5.41) is 10.5. The Hall–Kier alpha value is -3.03. The van der Waals surface area contributed by atoms with E-state index in [1.54, 1.807) is 0 Å². The van der Waals surface area contributed by atoms with E-state index in [1.165, 1.54) is 30.5 Å². The highest BCUT2D eigenvalue weighted by molar-refractivity contribution is 5.81. The van der Waals surface area contributed by atoms with E-state index in [4.69, 9.17) is 0 Å². The molecule has 0 bridgehead atoms. The number of rotatable bonds is 3.